The Bertz CT molecular complexity index is 250. The van der Waals surface area contributed by atoms with Crippen LogP contribution in [-0.4, -0.2) is 5.33 Å². The largest absolute Gasteiger partial charge is 0.0922 e. The highest BCUT2D eigenvalue weighted by atomic mass is 79.9. The molecule has 0 saturated heterocycles. The van der Waals surface area contributed by atoms with Crippen molar-refractivity contribution in [2.75, 3.05) is 5.33 Å². The molecule has 0 radical (unpaired) electrons. The third kappa shape index (κ3) is 3.45. The Labute approximate surface area is 95.9 Å². The van der Waals surface area contributed by atoms with Crippen molar-refractivity contribution in [2.45, 2.75) is 39.0 Å². The molecule has 0 aliphatic rings. The van der Waals surface area contributed by atoms with E-state index >= 15 is 0 Å². The first-order valence-electron chi connectivity index (χ1n) is 5.42. The summed E-state index contributed by atoms with van der Waals surface area (Å²) in [5, 5.41) is 1.04. The number of rotatable bonds is 5. The summed E-state index contributed by atoms with van der Waals surface area (Å²) >= 11 is 3.51. The van der Waals surface area contributed by atoms with Crippen LogP contribution in [0, 0.1) is 0 Å². The van der Waals surface area contributed by atoms with Crippen molar-refractivity contribution < 1.29 is 0 Å². The molecule has 1 heteroatoms. The van der Waals surface area contributed by atoms with Crippen molar-refractivity contribution in [1.29, 1.82) is 0 Å². The predicted octanol–water partition coefficient (Wildman–Crippen LogP) is 4.53. The van der Waals surface area contributed by atoms with Gasteiger partial charge in [-0.2, -0.15) is 0 Å². The lowest BCUT2D eigenvalue weighted by atomic mass is 10.00. The van der Waals surface area contributed by atoms with Crippen LogP contribution in [0.3, 0.4) is 0 Å². The summed E-state index contributed by atoms with van der Waals surface area (Å²) < 4.78 is 0. The van der Waals surface area contributed by atoms with Crippen LogP contribution in [0.5, 0.6) is 0 Å². The van der Waals surface area contributed by atoms with Gasteiger partial charge in [-0.25, -0.2) is 0 Å². The Morgan fingerprint density at radius 3 is 2.36 bits per heavy atom. The highest BCUT2D eigenvalue weighted by Crippen LogP contribution is 2.18. The van der Waals surface area contributed by atoms with E-state index in [2.05, 4.69) is 54.0 Å². The fourth-order valence-corrected chi connectivity index (χ4v) is 1.86. The predicted molar refractivity (Wildman–Crippen MR) is 67.3 cm³/mol. The van der Waals surface area contributed by atoms with E-state index in [9.17, 15) is 0 Å². The summed E-state index contributed by atoms with van der Waals surface area (Å²) in [7, 11) is 0. The topological polar surface area (TPSA) is 0 Å². The second-order valence-electron chi connectivity index (χ2n) is 3.90. The Kier molecular flexibility index (Phi) is 5.24. The van der Waals surface area contributed by atoms with Crippen LogP contribution in [0.15, 0.2) is 24.3 Å². The number of aryl methyl sites for hydroxylation is 1. The standard InChI is InChI=1S/C13H19Br/c1-3-4-5-12-6-8-13(9-7-12)11(2)10-14/h6-9,11H,3-5,10H2,1-2H3. The van der Waals surface area contributed by atoms with Gasteiger partial charge in [0.05, 0.1) is 0 Å². The number of hydrogen-bond acceptors (Lipinski definition) is 0. The normalized spacial score (nSPS) is 12.8. The van der Waals surface area contributed by atoms with Gasteiger partial charge in [0.1, 0.15) is 0 Å². The van der Waals surface area contributed by atoms with Crippen molar-refractivity contribution in [3.8, 4) is 0 Å². The fraction of sp³-hybridized carbons (Fsp3) is 0.538. The molecule has 0 saturated carbocycles. The third-order valence-electron chi connectivity index (χ3n) is 2.60. The van der Waals surface area contributed by atoms with Crippen LogP contribution >= 0.6 is 15.9 Å². The molecular weight excluding hydrogens is 236 g/mol. The molecule has 0 aliphatic heterocycles. The monoisotopic (exact) mass is 254 g/mol. The molecule has 0 aliphatic carbocycles. The molecule has 14 heavy (non-hydrogen) atoms. The summed E-state index contributed by atoms with van der Waals surface area (Å²) in [5.41, 5.74) is 2.90. The lowest BCUT2D eigenvalue weighted by molar-refractivity contribution is 0.793. The van der Waals surface area contributed by atoms with Gasteiger partial charge in [-0.05, 0) is 29.9 Å². The van der Waals surface area contributed by atoms with Crippen molar-refractivity contribution in [3.63, 3.8) is 0 Å². The van der Waals surface area contributed by atoms with E-state index in [1.54, 1.807) is 0 Å². The van der Waals surface area contributed by atoms with Crippen molar-refractivity contribution in [2.24, 2.45) is 0 Å². The van der Waals surface area contributed by atoms with E-state index in [1.807, 2.05) is 0 Å². The molecule has 0 aromatic heterocycles. The van der Waals surface area contributed by atoms with Crippen molar-refractivity contribution in [3.05, 3.63) is 35.4 Å². The molecule has 0 nitrogen and oxygen atoms in total. The summed E-state index contributed by atoms with van der Waals surface area (Å²) in [6.45, 7) is 4.48. The van der Waals surface area contributed by atoms with Crippen LogP contribution in [0.1, 0.15) is 43.7 Å². The first-order chi connectivity index (χ1) is 6.77. The van der Waals surface area contributed by atoms with E-state index in [4.69, 9.17) is 0 Å². The summed E-state index contributed by atoms with van der Waals surface area (Å²) in [6, 6.07) is 9.06. The van der Waals surface area contributed by atoms with E-state index in [-0.39, 0.29) is 0 Å². The van der Waals surface area contributed by atoms with Gasteiger partial charge in [0.15, 0.2) is 0 Å². The first-order valence-corrected chi connectivity index (χ1v) is 6.55. The summed E-state index contributed by atoms with van der Waals surface area (Å²) in [6.07, 6.45) is 3.80. The van der Waals surface area contributed by atoms with Gasteiger partial charge in [-0.15, -0.1) is 0 Å². The number of hydrogen-bond donors (Lipinski definition) is 0. The van der Waals surface area contributed by atoms with Gasteiger partial charge in [0, 0.05) is 5.33 Å². The smallest absolute Gasteiger partial charge is 0.00975 e. The number of benzene rings is 1. The minimum Gasteiger partial charge on any atom is -0.0922 e. The molecule has 0 bridgehead atoms. The molecule has 0 heterocycles. The zero-order chi connectivity index (χ0) is 10.4. The molecule has 0 spiro atoms. The average molecular weight is 255 g/mol. The second-order valence-corrected chi connectivity index (χ2v) is 4.55. The van der Waals surface area contributed by atoms with Gasteiger partial charge in [-0.3, -0.25) is 0 Å². The maximum Gasteiger partial charge on any atom is 0.00975 e. The molecule has 1 rings (SSSR count). The zero-order valence-electron chi connectivity index (χ0n) is 9.09. The first kappa shape index (κ1) is 11.8. The van der Waals surface area contributed by atoms with Gasteiger partial charge in [0.25, 0.3) is 0 Å². The van der Waals surface area contributed by atoms with Gasteiger partial charge < -0.3 is 0 Å². The Balaban J connectivity index is 2.59. The third-order valence-corrected chi connectivity index (χ3v) is 3.57. The lowest BCUT2D eigenvalue weighted by Gasteiger charge is -2.08. The molecule has 1 atom stereocenters. The quantitative estimate of drug-likeness (QED) is 0.678. The van der Waals surface area contributed by atoms with Crippen LogP contribution in [-0.2, 0) is 6.42 Å². The SMILES string of the molecule is CCCCc1ccc(C(C)CBr)cc1. The van der Waals surface area contributed by atoms with E-state index in [0.717, 1.165) is 5.33 Å². The number of unbranched alkanes of at least 4 members (excludes halogenated alkanes) is 1. The molecule has 1 unspecified atom stereocenters. The molecule has 0 fully saturated rings. The van der Waals surface area contributed by atoms with Crippen LogP contribution in [0.4, 0.5) is 0 Å². The fourth-order valence-electron chi connectivity index (χ4n) is 1.48. The van der Waals surface area contributed by atoms with E-state index in [1.165, 1.54) is 30.4 Å². The molecule has 0 N–H and O–H groups in total. The Hall–Kier alpha value is -0.300. The highest BCUT2D eigenvalue weighted by Gasteiger charge is 2.02. The van der Waals surface area contributed by atoms with Crippen molar-refractivity contribution >= 4 is 15.9 Å². The van der Waals surface area contributed by atoms with Crippen molar-refractivity contribution in [1.82, 2.24) is 0 Å². The molecule has 1 aromatic rings. The lowest BCUT2D eigenvalue weighted by Crippen LogP contribution is -1.94. The summed E-state index contributed by atoms with van der Waals surface area (Å²) in [4.78, 5) is 0. The van der Waals surface area contributed by atoms with E-state index < -0.39 is 0 Å². The number of halogens is 1. The minimum atomic E-state index is 0.621. The van der Waals surface area contributed by atoms with Gasteiger partial charge >= 0.3 is 0 Å². The molecular formula is C13H19Br. The molecule has 78 valence electrons. The number of alkyl halides is 1. The molecule has 0 amide bonds. The maximum absolute atomic E-state index is 3.51. The highest BCUT2D eigenvalue weighted by molar-refractivity contribution is 9.09. The van der Waals surface area contributed by atoms with Crippen LogP contribution in [0.2, 0.25) is 0 Å². The summed E-state index contributed by atoms with van der Waals surface area (Å²) in [5.74, 6) is 0.621. The van der Waals surface area contributed by atoms with Gasteiger partial charge in [0.2, 0.25) is 0 Å². The van der Waals surface area contributed by atoms with Gasteiger partial charge in [-0.1, -0.05) is 60.5 Å². The van der Waals surface area contributed by atoms with Crippen LogP contribution in [0.25, 0.3) is 0 Å². The zero-order valence-corrected chi connectivity index (χ0v) is 10.7. The van der Waals surface area contributed by atoms with E-state index in [0.29, 0.717) is 5.92 Å². The Morgan fingerprint density at radius 2 is 1.86 bits per heavy atom. The average Bonchev–Trinajstić information content (AvgIpc) is 2.26. The minimum absolute atomic E-state index is 0.621. The molecule has 1 aromatic carbocycles. The maximum atomic E-state index is 3.51. The second kappa shape index (κ2) is 6.23. The van der Waals surface area contributed by atoms with Crippen LogP contribution < -0.4 is 0 Å². The Morgan fingerprint density at radius 1 is 1.21 bits per heavy atom.